The van der Waals surface area contributed by atoms with Gasteiger partial charge in [-0.25, -0.2) is 14.4 Å². The quantitative estimate of drug-likeness (QED) is 0.569. The summed E-state index contributed by atoms with van der Waals surface area (Å²) in [6.45, 7) is 0.860. The molecule has 0 amide bonds. The van der Waals surface area contributed by atoms with Crippen LogP contribution in [0.15, 0.2) is 12.5 Å². The number of halogens is 1. The molecule has 1 aliphatic heterocycles. The summed E-state index contributed by atoms with van der Waals surface area (Å²) in [5.41, 5.74) is 4.02. The van der Waals surface area contributed by atoms with Gasteiger partial charge in [-0.3, -0.25) is 4.57 Å². The third-order valence-corrected chi connectivity index (χ3v) is 3.78. The van der Waals surface area contributed by atoms with Crippen molar-refractivity contribution in [2.24, 2.45) is 0 Å². The Morgan fingerprint density at radius 2 is 2.24 bits per heavy atom. The van der Waals surface area contributed by atoms with E-state index >= 15 is 0 Å². The van der Waals surface area contributed by atoms with Crippen LogP contribution >= 0.6 is 0 Å². The molecule has 1 fully saturated rings. The van der Waals surface area contributed by atoms with Gasteiger partial charge in [-0.05, 0) is 6.92 Å². The molecule has 0 aliphatic carbocycles. The molecule has 2 aromatic heterocycles. The van der Waals surface area contributed by atoms with Gasteiger partial charge in [0.2, 0.25) is 0 Å². The van der Waals surface area contributed by atoms with E-state index in [1.807, 2.05) is 0 Å². The molecule has 3 rings (SSSR count). The molecule has 3 heterocycles. The number of hydrogen-bond donors (Lipinski definition) is 4. The minimum absolute atomic E-state index is 0.0128. The van der Waals surface area contributed by atoms with E-state index in [4.69, 9.17) is 10.5 Å². The molecule has 8 nitrogen and oxygen atoms in total. The highest BCUT2D eigenvalue weighted by Crippen LogP contribution is 2.40. The van der Waals surface area contributed by atoms with Gasteiger partial charge in [-0.1, -0.05) is 0 Å². The fourth-order valence-electron chi connectivity index (χ4n) is 2.63. The highest BCUT2D eigenvalue weighted by molar-refractivity contribution is 5.86. The first kappa shape index (κ1) is 14.1. The molecule has 0 bridgehead atoms. The van der Waals surface area contributed by atoms with E-state index in [-0.39, 0.29) is 16.9 Å². The maximum absolute atomic E-state index is 14.0. The molecule has 5 N–H and O–H groups in total. The van der Waals surface area contributed by atoms with E-state index in [9.17, 15) is 19.7 Å². The molecule has 0 saturated carbocycles. The second kappa shape index (κ2) is 4.60. The third kappa shape index (κ3) is 1.89. The van der Waals surface area contributed by atoms with Gasteiger partial charge >= 0.3 is 0 Å². The monoisotopic (exact) mass is 298 g/mol. The molecule has 1 aliphatic rings. The lowest BCUT2D eigenvalue weighted by atomic mass is 9.96. The molecule has 4 atom stereocenters. The van der Waals surface area contributed by atoms with Crippen molar-refractivity contribution in [1.82, 2.24) is 14.5 Å². The van der Waals surface area contributed by atoms with Gasteiger partial charge < -0.3 is 25.8 Å². The lowest BCUT2D eigenvalue weighted by Crippen LogP contribution is -2.44. The fourth-order valence-corrected chi connectivity index (χ4v) is 2.63. The van der Waals surface area contributed by atoms with Crippen LogP contribution in [0.1, 0.15) is 13.2 Å². The first-order valence-corrected chi connectivity index (χ1v) is 6.31. The summed E-state index contributed by atoms with van der Waals surface area (Å²) in [7, 11) is 0. The summed E-state index contributed by atoms with van der Waals surface area (Å²) in [4.78, 5) is 7.66. The second-order valence-electron chi connectivity index (χ2n) is 5.22. The summed E-state index contributed by atoms with van der Waals surface area (Å²) < 4.78 is 20.7. The molecule has 2 aromatic rings. The topological polar surface area (TPSA) is 127 Å². The Kier molecular flexibility index (Phi) is 3.10. The maximum Gasteiger partial charge on any atom is 0.167 e. The van der Waals surface area contributed by atoms with Crippen LogP contribution in [0, 0.1) is 5.82 Å². The standard InChI is InChI=1S/C12H15FN4O4/c1-12(20)8(19)6(3-18)21-11(12)17-2-5(13)7-9(14)15-4-16-10(7)17/h2,4,6,8,11,18-20H,3H2,1H3,(H2,14,15,16)/t6-,8+,11-,12-/m1/s1. The Morgan fingerprint density at radius 3 is 2.86 bits per heavy atom. The molecule has 0 spiro atoms. The average Bonchev–Trinajstić information content (AvgIpc) is 2.87. The van der Waals surface area contributed by atoms with Crippen molar-refractivity contribution in [3.63, 3.8) is 0 Å². The van der Waals surface area contributed by atoms with Crippen molar-refractivity contribution in [2.45, 2.75) is 31.0 Å². The van der Waals surface area contributed by atoms with Crippen molar-refractivity contribution in [3.8, 4) is 0 Å². The highest BCUT2D eigenvalue weighted by Gasteiger charge is 2.53. The number of nitrogen functional groups attached to an aromatic ring is 1. The third-order valence-electron chi connectivity index (χ3n) is 3.78. The summed E-state index contributed by atoms with van der Waals surface area (Å²) in [5.74, 6) is -0.697. The first-order chi connectivity index (χ1) is 9.87. The van der Waals surface area contributed by atoms with Gasteiger partial charge in [-0.2, -0.15) is 0 Å². The zero-order valence-electron chi connectivity index (χ0n) is 11.1. The number of nitrogens with two attached hydrogens (primary N) is 1. The van der Waals surface area contributed by atoms with Gasteiger partial charge in [-0.15, -0.1) is 0 Å². The van der Waals surface area contributed by atoms with E-state index in [1.165, 1.54) is 11.5 Å². The van der Waals surface area contributed by atoms with Crippen LogP contribution in [0.5, 0.6) is 0 Å². The van der Waals surface area contributed by atoms with Crippen LogP contribution in [0.25, 0.3) is 11.0 Å². The van der Waals surface area contributed by atoms with E-state index in [1.54, 1.807) is 0 Å². The molecule has 1 saturated heterocycles. The van der Waals surface area contributed by atoms with Crippen molar-refractivity contribution >= 4 is 16.9 Å². The Hall–Kier alpha value is -1.81. The fraction of sp³-hybridized carbons (Fsp3) is 0.500. The van der Waals surface area contributed by atoms with E-state index in [2.05, 4.69) is 9.97 Å². The van der Waals surface area contributed by atoms with Gasteiger partial charge in [0.1, 0.15) is 30.0 Å². The lowest BCUT2D eigenvalue weighted by molar-refractivity contribution is -0.0949. The number of rotatable bonds is 2. The maximum atomic E-state index is 14.0. The molecular weight excluding hydrogens is 283 g/mol. The van der Waals surface area contributed by atoms with Crippen LogP contribution in [0.2, 0.25) is 0 Å². The van der Waals surface area contributed by atoms with Crippen LogP contribution in [-0.2, 0) is 4.74 Å². The van der Waals surface area contributed by atoms with Crippen LogP contribution in [0.4, 0.5) is 10.2 Å². The number of aliphatic hydroxyl groups excluding tert-OH is 2. The molecule has 9 heteroatoms. The van der Waals surface area contributed by atoms with E-state index < -0.39 is 36.5 Å². The smallest absolute Gasteiger partial charge is 0.167 e. The van der Waals surface area contributed by atoms with Crippen LogP contribution < -0.4 is 5.73 Å². The van der Waals surface area contributed by atoms with Crippen molar-refractivity contribution in [2.75, 3.05) is 12.3 Å². The molecule has 114 valence electrons. The van der Waals surface area contributed by atoms with Crippen LogP contribution in [0.3, 0.4) is 0 Å². The first-order valence-electron chi connectivity index (χ1n) is 6.31. The van der Waals surface area contributed by atoms with Gasteiger partial charge in [0.15, 0.2) is 17.7 Å². The Balaban J connectivity index is 2.15. The molecule has 0 aromatic carbocycles. The van der Waals surface area contributed by atoms with Gasteiger partial charge in [0.25, 0.3) is 0 Å². The predicted octanol–water partition coefficient (Wildman–Crippen LogP) is -0.846. The average molecular weight is 298 g/mol. The number of aromatic nitrogens is 3. The largest absolute Gasteiger partial charge is 0.394 e. The minimum Gasteiger partial charge on any atom is -0.394 e. The molecular formula is C12H15FN4O4. The van der Waals surface area contributed by atoms with Gasteiger partial charge in [0.05, 0.1) is 12.0 Å². The molecule has 0 radical (unpaired) electrons. The number of hydrogen-bond acceptors (Lipinski definition) is 7. The van der Waals surface area contributed by atoms with Crippen molar-refractivity contribution in [1.29, 1.82) is 0 Å². The van der Waals surface area contributed by atoms with Gasteiger partial charge in [0, 0.05) is 6.20 Å². The Morgan fingerprint density at radius 1 is 1.52 bits per heavy atom. The summed E-state index contributed by atoms with van der Waals surface area (Å²) in [6.07, 6.45) is -1.19. The number of aliphatic hydroxyl groups is 3. The number of nitrogens with zero attached hydrogens (tertiary/aromatic N) is 3. The summed E-state index contributed by atoms with van der Waals surface area (Å²) in [5, 5.41) is 29.6. The van der Waals surface area contributed by atoms with Crippen molar-refractivity contribution < 1.29 is 24.4 Å². The summed E-state index contributed by atoms with van der Waals surface area (Å²) in [6, 6.07) is 0. The van der Waals surface area contributed by atoms with E-state index in [0.717, 1.165) is 12.5 Å². The van der Waals surface area contributed by atoms with Crippen molar-refractivity contribution in [3.05, 3.63) is 18.3 Å². The Labute approximate surface area is 118 Å². The number of fused-ring (bicyclic) bond motifs is 1. The molecule has 0 unspecified atom stereocenters. The van der Waals surface area contributed by atoms with E-state index in [0.29, 0.717) is 0 Å². The summed E-state index contributed by atoms with van der Waals surface area (Å²) >= 11 is 0. The Bertz CT molecular complexity index is 689. The zero-order chi connectivity index (χ0) is 15.4. The lowest BCUT2D eigenvalue weighted by Gasteiger charge is -2.27. The second-order valence-corrected chi connectivity index (χ2v) is 5.22. The highest BCUT2D eigenvalue weighted by atomic mass is 19.1. The van der Waals surface area contributed by atoms with Crippen LogP contribution in [-0.4, -0.2) is 54.3 Å². The molecule has 21 heavy (non-hydrogen) atoms. The minimum atomic E-state index is -1.73. The SMILES string of the molecule is C[C@@]1(O)[C@@H](O)[C@@H](CO)O[C@H]1n1cc(F)c2c(N)ncnc21. The predicted molar refractivity (Wildman–Crippen MR) is 69.5 cm³/mol. The normalized spacial score (nSPS) is 32.9. The number of anilines is 1. The number of ether oxygens (including phenoxy) is 1. The zero-order valence-corrected chi connectivity index (χ0v) is 11.1.